The first kappa shape index (κ1) is 14.0. The SMILES string of the molecule is C[C@]12CCC(=O)C[C@H]1CC[C@@H]1[C@@H]2CC[C@]2(C)C(=O)CC[C@@H]12. The van der Waals surface area contributed by atoms with Crippen molar-refractivity contribution in [2.75, 3.05) is 0 Å². The number of fused-ring (bicyclic) bond motifs is 5. The van der Waals surface area contributed by atoms with Crippen molar-refractivity contribution in [3.8, 4) is 0 Å². The summed E-state index contributed by atoms with van der Waals surface area (Å²) in [5.74, 6) is 3.82. The largest absolute Gasteiger partial charge is 0.300 e. The van der Waals surface area contributed by atoms with E-state index in [0.29, 0.717) is 28.8 Å². The van der Waals surface area contributed by atoms with Gasteiger partial charge in [-0.05, 0) is 67.6 Å². The summed E-state index contributed by atoms with van der Waals surface area (Å²) in [6, 6.07) is 0. The lowest BCUT2D eigenvalue weighted by Gasteiger charge is -2.59. The Kier molecular flexibility index (Phi) is 2.94. The van der Waals surface area contributed by atoms with E-state index in [4.69, 9.17) is 0 Å². The number of rotatable bonds is 0. The van der Waals surface area contributed by atoms with E-state index in [1.54, 1.807) is 0 Å². The molecule has 21 heavy (non-hydrogen) atoms. The van der Waals surface area contributed by atoms with E-state index >= 15 is 0 Å². The predicted molar refractivity (Wildman–Crippen MR) is 81.7 cm³/mol. The fraction of sp³-hybridized carbons (Fsp3) is 0.895. The third kappa shape index (κ3) is 1.77. The van der Waals surface area contributed by atoms with E-state index in [2.05, 4.69) is 13.8 Å². The van der Waals surface area contributed by atoms with Crippen molar-refractivity contribution >= 4 is 11.6 Å². The standard InChI is InChI=1S/C19H28O2/c1-18-9-7-13(20)11-12(18)3-4-14-15-5-6-17(21)19(15,2)10-8-16(14)18/h12,14-16H,3-11H2,1-2H3/t12-,14+,15+,16+,18+,19+/m1/s1. The van der Waals surface area contributed by atoms with Gasteiger partial charge in [0.05, 0.1) is 0 Å². The van der Waals surface area contributed by atoms with Crippen molar-refractivity contribution in [1.29, 1.82) is 0 Å². The lowest BCUT2D eigenvalue weighted by molar-refractivity contribution is -0.144. The molecule has 0 aliphatic heterocycles. The number of hydrogen-bond acceptors (Lipinski definition) is 2. The molecule has 0 spiro atoms. The van der Waals surface area contributed by atoms with Crippen LogP contribution in [0.1, 0.15) is 71.6 Å². The first-order valence-corrected chi connectivity index (χ1v) is 9.00. The Morgan fingerprint density at radius 2 is 1.71 bits per heavy atom. The normalized spacial score (nSPS) is 53.0. The van der Waals surface area contributed by atoms with Gasteiger partial charge in [-0.1, -0.05) is 13.8 Å². The van der Waals surface area contributed by atoms with Crippen LogP contribution in [-0.2, 0) is 9.59 Å². The van der Waals surface area contributed by atoms with Crippen LogP contribution in [0.4, 0.5) is 0 Å². The van der Waals surface area contributed by atoms with Gasteiger partial charge in [0.1, 0.15) is 11.6 Å². The molecule has 0 heterocycles. The van der Waals surface area contributed by atoms with Gasteiger partial charge in [-0.25, -0.2) is 0 Å². The highest BCUT2D eigenvalue weighted by Crippen LogP contribution is 2.65. The molecule has 116 valence electrons. The van der Waals surface area contributed by atoms with Gasteiger partial charge in [-0.3, -0.25) is 9.59 Å². The lowest BCUT2D eigenvalue weighted by atomic mass is 9.45. The maximum atomic E-state index is 12.4. The summed E-state index contributed by atoms with van der Waals surface area (Å²) in [5, 5.41) is 0. The van der Waals surface area contributed by atoms with Gasteiger partial charge < -0.3 is 0 Å². The van der Waals surface area contributed by atoms with E-state index in [1.165, 1.54) is 19.3 Å². The van der Waals surface area contributed by atoms with E-state index in [-0.39, 0.29) is 5.41 Å². The van der Waals surface area contributed by atoms with Crippen molar-refractivity contribution in [3.05, 3.63) is 0 Å². The number of ketones is 2. The Morgan fingerprint density at radius 3 is 2.52 bits per heavy atom. The van der Waals surface area contributed by atoms with E-state index < -0.39 is 0 Å². The molecule has 0 amide bonds. The van der Waals surface area contributed by atoms with Gasteiger partial charge in [-0.15, -0.1) is 0 Å². The van der Waals surface area contributed by atoms with Crippen LogP contribution in [0.5, 0.6) is 0 Å². The highest BCUT2D eigenvalue weighted by atomic mass is 16.1. The Labute approximate surface area is 128 Å². The van der Waals surface area contributed by atoms with E-state index in [9.17, 15) is 9.59 Å². The van der Waals surface area contributed by atoms with Gasteiger partial charge in [-0.2, -0.15) is 0 Å². The van der Waals surface area contributed by atoms with Crippen LogP contribution < -0.4 is 0 Å². The minimum Gasteiger partial charge on any atom is -0.300 e. The van der Waals surface area contributed by atoms with Crippen LogP contribution >= 0.6 is 0 Å². The molecule has 6 atom stereocenters. The third-order valence-corrected chi connectivity index (χ3v) is 8.19. The molecule has 0 radical (unpaired) electrons. The monoisotopic (exact) mass is 288 g/mol. The fourth-order valence-corrected chi connectivity index (χ4v) is 6.82. The van der Waals surface area contributed by atoms with Crippen LogP contribution in [-0.4, -0.2) is 11.6 Å². The maximum absolute atomic E-state index is 12.4. The zero-order valence-electron chi connectivity index (χ0n) is 13.5. The summed E-state index contributed by atoms with van der Waals surface area (Å²) in [6.07, 6.45) is 9.53. The molecular weight excluding hydrogens is 260 g/mol. The molecule has 4 saturated carbocycles. The highest BCUT2D eigenvalue weighted by molar-refractivity contribution is 5.87. The molecule has 4 rings (SSSR count). The minimum absolute atomic E-state index is 0.00511. The van der Waals surface area contributed by atoms with E-state index in [1.807, 2.05) is 0 Å². The zero-order chi connectivity index (χ0) is 14.8. The van der Waals surface area contributed by atoms with Crippen LogP contribution in [0.15, 0.2) is 0 Å². The lowest BCUT2D eigenvalue weighted by Crippen LogP contribution is -2.53. The van der Waals surface area contributed by atoms with Crippen LogP contribution in [0, 0.1) is 34.5 Å². The second-order valence-corrected chi connectivity index (χ2v) is 8.82. The highest BCUT2D eigenvalue weighted by Gasteiger charge is 2.60. The molecule has 4 aliphatic carbocycles. The number of Topliss-reactive ketones (excluding diaryl/α,β-unsaturated/α-hetero) is 2. The predicted octanol–water partition coefficient (Wildman–Crippen LogP) is 4.17. The van der Waals surface area contributed by atoms with Crippen LogP contribution in [0.2, 0.25) is 0 Å². The summed E-state index contributed by atoms with van der Waals surface area (Å²) in [4.78, 5) is 24.2. The first-order chi connectivity index (χ1) is 9.95. The summed E-state index contributed by atoms with van der Waals surface area (Å²) in [5.41, 5.74) is 0.374. The number of carbonyl (C=O) groups excluding carboxylic acids is 2. The van der Waals surface area contributed by atoms with Crippen molar-refractivity contribution in [1.82, 2.24) is 0 Å². The van der Waals surface area contributed by atoms with Crippen molar-refractivity contribution in [3.63, 3.8) is 0 Å². The molecule has 4 fully saturated rings. The molecule has 0 N–H and O–H groups in total. The smallest absolute Gasteiger partial charge is 0.139 e. The van der Waals surface area contributed by atoms with Gasteiger partial charge in [0.2, 0.25) is 0 Å². The van der Waals surface area contributed by atoms with E-state index in [0.717, 1.165) is 50.4 Å². The number of carbonyl (C=O) groups is 2. The summed E-state index contributed by atoms with van der Waals surface area (Å²) < 4.78 is 0. The van der Waals surface area contributed by atoms with Crippen LogP contribution in [0.25, 0.3) is 0 Å². The summed E-state index contributed by atoms with van der Waals surface area (Å²) in [6.45, 7) is 4.72. The molecular formula is C19H28O2. The average Bonchev–Trinajstić information content (AvgIpc) is 2.76. The van der Waals surface area contributed by atoms with Crippen molar-refractivity contribution in [2.24, 2.45) is 34.5 Å². The topological polar surface area (TPSA) is 34.1 Å². The Bertz CT molecular complexity index is 496. The molecule has 4 aliphatic rings. The molecule has 0 aromatic heterocycles. The minimum atomic E-state index is -0.00511. The van der Waals surface area contributed by atoms with Gasteiger partial charge in [0, 0.05) is 24.7 Å². The average molecular weight is 288 g/mol. The molecule has 2 nitrogen and oxygen atoms in total. The summed E-state index contributed by atoms with van der Waals surface area (Å²) >= 11 is 0. The third-order valence-electron chi connectivity index (χ3n) is 8.19. The quantitative estimate of drug-likeness (QED) is 0.670. The maximum Gasteiger partial charge on any atom is 0.139 e. The zero-order valence-corrected chi connectivity index (χ0v) is 13.5. The van der Waals surface area contributed by atoms with Gasteiger partial charge >= 0.3 is 0 Å². The summed E-state index contributed by atoms with van der Waals surface area (Å²) in [7, 11) is 0. The molecule has 0 aromatic carbocycles. The Balaban J connectivity index is 1.65. The molecule has 2 heteroatoms. The molecule has 0 aromatic rings. The fourth-order valence-electron chi connectivity index (χ4n) is 6.82. The Hall–Kier alpha value is -0.660. The number of hydrogen-bond donors (Lipinski definition) is 0. The van der Waals surface area contributed by atoms with Crippen molar-refractivity contribution in [2.45, 2.75) is 71.6 Å². The molecule has 0 unspecified atom stereocenters. The molecule has 0 saturated heterocycles. The molecule has 0 bridgehead atoms. The van der Waals surface area contributed by atoms with Gasteiger partial charge in [0.15, 0.2) is 0 Å². The van der Waals surface area contributed by atoms with Crippen molar-refractivity contribution < 1.29 is 9.59 Å². The first-order valence-electron chi connectivity index (χ1n) is 9.00. The second kappa shape index (κ2) is 4.43. The second-order valence-electron chi connectivity index (χ2n) is 8.82. The van der Waals surface area contributed by atoms with Crippen LogP contribution in [0.3, 0.4) is 0 Å². The van der Waals surface area contributed by atoms with Gasteiger partial charge in [0.25, 0.3) is 0 Å². The Morgan fingerprint density at radius 1 is 0.905 bits per heavy atom.